The Hall–Kier alpha value is -3.66. The molecule has 9 heteroatoms. The van der Waals surface area contributed by atoms with Crippen LogP contribution in [0.3, 0.4) is 0 Å². The maximum atomic E-state index is 13.4. The Morgan fingerprint density at radius 1 is 1.10 bits per heavy atom. The summed E-state index contributed by atoms with van der Waals surface area (Å²) in [5.74, 6) is -2.21. The van der Waals surface area contributed by atoms with Crippen molar-refractivity contribution >= 4 is 18.0 Å². The van der Waals surface area contributed by atoms with E-state index in [4.69, 9.17) is 28.4 Å². The fourth-order valence-corrected chi connectivity index (χ4v) is 4.62. The van der Waals surface area contributed by atoms with E-state index in [0.717, 1.165) is 0 Å². The number of esters is 2. The van der Waals surface area contributed by atoms with Crippen LogP contribution in [0, 0.1) is 5.92 Å². The van der Waals surface area contributed by atoms with Crippen LogP contribution in [0.2, 0.25) is 0 Å². The predicted octanol–water partition coefficient (Wildman–Crippen LogP) is 5.28. The summed E-state index contributed by atoms with van der Waals surface area (Å²) in [6.07, 6.45) is 5.08. The molecule has 1 fully saturated rings. The molecule has 0 saturated carbocycles. The number of phenols is 1. The molecule has 1 N–H and O–H groups in total. The van der Waals surface area contributed by atoms with E-state index in [1.54, 1.807) is 43.3 Å². The number of fused-ring (bicyclic) bond motifs is 2. The number of cyclic esters (lactones) is 1. The van der Waals surface area contributed by atoms with E-state index < -0.39 is 42.1 Å². The number of rotatable bonds is 5. The molecule has 0 bridgehead atoms. The maximum absolute atomic E-state index is 13.4. The van der Waals surface area contributed by atoms with Gasteiger partial charge < -0.3 is 33.5 Å². The van der Waals surface area contributed by atoms with E-state index in [1.165, 1.54) is 19.2 Å². The van der Waals surface area contributed by atoms with E-state index in [1.807, 2.05) is 39.0 Å². The van der Waals surface area contributed by atoms with Crippen molar-refractivity contribution in [1.29, 1.82) is 0 Å². The minimum absolute atomic E-state index is 0.0832. The molecule has 0 aliphatic carbocycles. The molecule has 1 saturated heterocycles. The molecule has 2 aliphatic rings. The van der Waals surface area contributed by atoms with E-state index >= 15 is 0 Å². The summed E-state index contributed by atoms with van der Waals surface area (Å²) in [5.41, 5.74) is 0.995. The van der Waals surface area contributed by atoms with E-state index in [0.29, 0.717) is 17.5 Å². The monoisotopic (exact) mass is 552 g/mol. The number of carbonyl (C=O) groups excluding carboxylic acids is 2. The van der Waals surface area contributed by atoms with Gasteiger partial charge in [0.25, 0.3) is 0 Å². The highest BCUT2D eigenvalue weighted by Crippen LogP contribution is 2.35. The first-order valence-electron chi connectivity index (χ1n) is 13.2. The van der Waals surface area contributed by atoms with Gasteiger partial charge in [-0.05, 0) is 57.0 Å². The molecule has 2 aliphatic heterocycles. The third-order valence-electron chi connectivity index (χ3n) is 6.76. The normalized spacial score (nSPS) is 27.8. The third-order valence-corrected chi connectivity index (χ3v) is 6.76. The largest absolute Gasteiger partial charge is 0.508 e. The van der Waals surface area contributed by atoms with Crippen LogP contribution in [0.15, 0.2) is 60.7 Å². The molecule has 5 atom stereocenters. The van der Waals surface area contributed by atoms with Crippen LogP contribution in [-0.2, 0) is 23.7 Å². The molecule has 0 amide bonds. The minimum atomic E-state index is -0.919. The van der Waals surface area contributed by atoms with Crippen LogP contribution in [0.5, 0.6) is 11.5 Å². The van der Waals surface area contributed by atoms with Crippen LogP contribution in [0.4, 0.5) is 0 Å². The standard InChI is InChI=1S/C31H36O9/c1-19-14-15-24(38-29(33)21-10-7-6-8-11-21)28-25(39-31(3,4)40-28)13-9-12-22-16-23(32)17-26(36-18-35-5)27(22)30(34)37-20(19)2/h6-12,14-17,19-20,24-25,28,32H,13,18H2,1-5H3/b12-9+,15-14-/t19?,20-,24?,25-,28+/m0/s1. The van der Waals surface area contributed by atoms with E-state index in [2.05, 4.69) is 0 Å². The second kappa shape index (κ2) is 12.7. The first-order valence-corrected chi connectivity index (χ1v) is 13.2. The maximum Gasteiger partial charge on any atom is 0.342 e. The summed E-state index contributed by atoms with van der Waals surface area (Å²) >= 11 is 0. The van der Waals surface area contributed by atoms with Crippen LogP contribution in [0.25, 0.3) is 6.08 Å². The van der Waals surface area contributed by atoms with Crippen LogP contribution in [-0.4, -0.2) is 61.2 Å². The van der Waals surface area contributed by atoms with Crippen molar-refractivity contribution in [3.63, 3.8) is 0 Å². The Labute approximate surface area is 234 Å². The topological polar surface area (TPSA) is 110 Å². The molecule has 0 aromatic heterocycles. The highest BCUT2D eigenvalue weighted by molar-refractivity contribution is 5.97. The number of phenolic OH excluding ortho intramolecular Hbond substituents is 1. The zero-order valence-electron chi connectivity index (χ0n) is 23.4. The van der Waals surface area contributed by atoms with Crippen molar-refractivity contribution in [1.82, 2.24) is 0 Å². The Balaban J connectivity index is 1.73. The Morgan fingerprint density at radius 3 is 2.58 bits per heavy atom. The average Bonchev–Trinajstić information content (AvgIpc) is 3.22. The van der Waals surface area contributed by atoms with Crippen LogP contribution < -0.4 is 4.74 Å². The summed E-state index contributed by atoms with van der Waals surface area (Å²) in [6.45, 7) is 7.16. The summed E-state index contributed by atoms with van der Waals surface area (Å²) in [5, 5.41) is 10.3. The van der Waals surface area contributed by atoms with Crippen LogP contribution >= 0.6 is 0 Å². The molecule has 9 nitrogen and oxygen atoms in total. The van der Waals surface area contributed by atoms with Gasteiger partial charge >= 0.3 is 11.9 Å². The Morgan fingerprint density at radius 2 is 1.85 bits per heavy atom. The molecule has 0 radical (unpaired) electrons. The lowest BCUT2D eigenvalue weighted by Crippen LogP contribution is -2.37. The van der Waals surface area contributed by atoms with E-state index in [-0.39, 0.29) is 29.8 Å². The number of hydrogen-bond acceptors (Lipinski definition) is 9. The number of benzene rings is 2. The lowest BCUT2D eigenvalue weighted by atomic mass is 9.98. The smallest absolute Gasteiger partial charge is 0.342 e. The van der Waals surface area contributed by atoms with Gasteiger partial charge in [-0.2, -0.15) is 0 Å². The molecule has 214 valence electrons. The van der Waals surface area contributed by atoms with Gasteiger partial charge in [0.15, 0.2) is 12.6 Å². The zero-order valence-corrected chi connectivity index (χ0v) is 23.4. The lowest BCUT2D eigenvalue weighted by Gasteiger charge is -2.25. The van der Waals surface area contributed by atoms with Gasteiger partial charge in [0.1, 0.15) is 35.4 Å². The molecule has 2 aromatic rings. The first kappa shape index (κ1) is 29.3. The zero-order chi connectivity index (χ0) is 28.9. The first-order chi connectivity index (χ1) is 19.1. The average molecular weight is 553 g/mol. The number of hydrogen-bond donors (Lipinski definition) is 1. The molecule has 2 heterocycles. The highest BCUT2D eigenvalue weighted by atomic mass is 16.8. The second-order valence-electron chi connectivity index (χ2n) is 10.3. The Kier molecular flexibility index (Phi) is 9.29. The number of aromatic hydroxyl groups is 1. The molecule has 2 aromatic carbocycles. The fourth-order valence-electron chi connectivity index (χ4n) is 4.62. The summed E-state index contributed by atoms with van der Waals surface area (Å²) in [7, 11) is 1.46. The van der Waals surface area contributed by atoms with Crippen molar-refractivity contribution in [2.24, 2.45) is 5.92 Å². The lowest BCUT2D eigenvalue weighted by molar-refractivity contribution is -0.152. The molecular formula is C31H36O9. The molecular weight excluding hydrogens is 516 g/mol. The summed E-state index contributed by atoms with van der Waals surface area (Å²) in [4.78, 5) is 26.4. The quantitative estimate of drug-likeness (QED) is 0.301. The Bertz CT molecular complexity index is 1250. The summed E-state index contributed by atoms with van der Waals surface area (Å²) < 4.78 is 34.8. The van der Waals surface area contributed by atoms with Gasteiger partial charge in [0, 0.05) is 19.1 Å². The van der Waals surface area contributed by atoms with Crippen molar-refractivity contribution in [3.8, 4) is 11.5 Å². The van der Waals surface area contributed by atoms with Gasteiger partial charge in [0.05, 0.1) is 11.7 Å². The van der Waals surface area contributed by atoms with Crippen molar-refractivity contribution in [2.75, 3.05) is 13.9 Å². The van der Waals surface area contributed by atoms with E-state index in [9.17, 15) is 14.7 Å². The summed E-state index contributed by atoms with van der Waals surface area (Å²) in [6, 6.07) is 11.6. The van der Waals surface area contributed by atoms with Gasteiger partial charge in [-0.15, -0.1) is 0 Å². The van der Waals surface area contributed by atoms with Crippen LogP contribution in [0.1, 0.15) is 60.4 Å². The van der Waals surface area contributed by atoms with Gasteiger partial charge in [-0.3, -0.25) is 0 Å². The SMILES string of the molecule is COCOc1cc(O)cc2c1C(=O)O[C@@H](C)C(C)/C=C\C(OC(=O)c1ccccc1)[C@H]1OC(C)(C)O[C@H]1C/C=C/2. The number of carbonyl (C=O) groups is 2. The second-order valence-corrected chi connectivity index (χ2v) is 10.3. The molecule has 40 heavy (non-hydrogen) atoms. The number of methoxy groups -OCH3 is 1. The fraction of sp³-hybridized carbons (Fsp3) is 0.419. The molecule has 0 spiro atoms. The van der Waals surface area contributed by atoms with Crippen molar-refractivity contribution in [3.05, 3.63) is 77.4 Å². The highest BCUT2D eigenvalue weighted by Gasteiger charge is 2.45. The third kappa shape index (κ3) is 7.10. The molecule has 2 unspecified atom stereocenters. The van der Waals surface area contributed by atoms with Gasteiger partial charge in [0.2, 0.25) is 0 Å². The number of ether oxygens (including phenoxy) is 6. The van der Waals surface area contributed by atoms with Gasteiger partial charge in [-0.25, -0.2) is 9.59 Å². The predicted molar refractivity (Wildman–Crippen MR) is 147 cm³/mol. The van der Waals surface area contributed by atoms with Crippen molar-refractivity contribution < 1.29 is 43.1 Å². The van der Waals surface area contributed by atoms with Crippen molar-refractivity contribution in [2.45, 2.75) is 64.3 Å². The molecule has 4 rings (SSSR count). The minimum Gasteiger partial charge on any atom is -0.508 e. The van der Waals surface area contributed by atoms with Gasteiger partial charge in [-0.1, -0.05) is 43.4 Å².